The number of carbonyl (C=O) groups is 2. The smallest absolute Gasteiger partial charge is 0.336 e. The van der Waals surface area contributed by atoms with Gasteiger partial charge < -0.3 is 9.47 Å². The van der Waals surface area contributed by atoms with E-state index in [-0.39, 0.29) is 22.4 Å². The van der Waals surface area contributed by atoms with Gasteiger partial charge in [-0.25, -0.2) is 9.59 Å². The zero-order valence-corrected chi connectivity index (χ0v) is 11.0. The lowest BCUT2D eigenvalue weighted by Gasteiger charge is -2.05. The van der Waals surface area contributed by atoms with E-state index < -0.39 is 11.9 Å². The molecule has 0 saturated heterocycles. The first-order valence-electron chi connectivity index (χ1n) is 5.05. The summed E-state index contributed by atoms with van der Waals surface area (Å²) in [5.74, 6) is -1.34. The molecular formula is C12H10Cl2O4. The third-order valence-electron chi connectivity index (χ3n) is 1.76. The Morgan fingerprint density at radius 2 is 1.72 bits per heavy atom. The highest BCUT2D eigenvalue weighted by Gasteiger charge is 2.10. The number of hydrogen-bond donors (Lipinski definition) is 0. The predicted molar refractivity (Wildman–Crippen MR) is 67.9 cm³/mol. The van der Waals surface area contributed by atoms with Crippen LogP contribution in [0.1, 0.15) is 6.92 Å². The summed E-state index contributed by atoms with van der Waals surface area (Å²) in [7, 11) is 0. The Balaban J connectivity index is 2.68. The minimum absolute atomic E-state index is 0.0549. The highest BCUT2D eigenvalue weighted by Crippen LogP contribution is 2.32. The second kappa shape index (κ2) is 7.03. The fraction of sp³-hybridized carbons (Fsp3) is 0.167. The van der Waals surface area contributed by atoms with Gasteiger partial charge in [0.1, 0.15) is 0 Å². The minimum atomic E-state index is -0.766. The van der Waals surface area contributed by atoms with Crippen LogP contribution in [0.25, 0.3) is 0 Å². The van der Waals surface area contributed by atoms with Crippen molar-refractivity contribution in [2.24, 2.45) is 0 Å². The zero-order valence-electron chi connectivity index (χ0n) is 9.48. The van der Waals surface area contributed by atoms with E-state index in [1.54, 1.807) is 13.0 Å². The van der Waals surface area contributed by atoms with Gasteiger partial charge in [-0.2, -0.15) is 0 Å². The molecule has 1 aromatic carbocycles. The fourth-order valence-electron chi connectivity index (χ4n) is 1.04. The molecule has 0 aromatic heterocycles. The average Bonchev–Trinajstić information content (AvgIpc) is 2.32. The van der Waals surface area contributed by atoms with Gasteiger partial charge in [0.15, 0.2) is 5.75 Å². The molecule has 18 heavy (non-hydrogen) atoms. The highest BCUT2D eigenvalue weighted by molar-refractivity contribution is 6.37. The van der Waals surface area contributed by atoms with E-state index in [0.717, 1.165) is 12.2 Å². The number of rotatable bonds is 4. The SMILES string of the molecule is CCOC(=O)/C=C/C(=O)Oc1c(Cl)cccc1Cl. The summed E-state index contributed by atoms with van der Waals surface area (Å²) in [6, 6.07) is 4.69. The van der Waals surface area contributed by atoms with E-state index in [9.17, 15) is 9.59 Å². The van der Waals surface area contributed by atoms with E-state index in [1.165, 1.54) is 12.1 Å². The second-order valence-electron chi connectivity index (χ2n) is 3.06. The van der Waals surface area contributed by atoms with Crippen LogP contribution in [0.4, 0.5) is 0 Å². The molecule has 0 aliphatic carbocycles. The summed E-state index contributed by atoms with van der Waals surface area (Å²) in [4.78, 5) is 22.4. The first-order valence-corrected chi connectivity index (χ1v) is 5.80. The standard InChI is InChI=1S/C12H10Cl2O4/c1-2-17-10(15)6-7-11(16)18-12-8(13)4-3-5-9(12)14/h3-7H,2H2,1H3/b7-6+. The summed E-state index contributed by atoms with van der Waals surface area (Å²) in [5, 5.41) is 0.417. The van der Waals surface area contributed by atoms with Crippen LogP contribution in [0, 0.1) is 0 Å². The van der Waals surface area contributed by atoms with E-state index >= 15 is 0 Å². The molecular weight excluding hydrogens is 279 g/mol. The molecule has 0 unspecified atom stereocenters. The summed E-state index contributed by atoms with van der Waals surface area (Å²) in [5.41, 5.74) is 0. The molecule has 4 nitrogen and oxygen atoms in total. The Morgan fingerprint density at radius 1 is 1.17 bits per heavy atom. The Morgan fingerprint density at radius 3 is 2.28 bits per heavy atom. The van der Waals surface area contributed by atoms with Gasteiger partial charge in [0.25, 0.3) is 0 Å². The van der Waals surface area contributed by atoms with E-state index in [2.05, 4.69) is 4.74 Å². The van der Waals surface area contributed by atoms with Gasteiger partial charge in [0.2, 0.25) is 0 Å². The molecule has 6 heteroatoms. The summed E-state index contributed by atoms with van der Waals surface area (Å²) < 4.78 is 9.51. The van der Waals surface area contributed by atoms with Crippen molar-refractivity contribution in [2.75, 3.05) is 6.61 Å². The predicted octanol–water partition coefficient (Wildman–Crippen LogP) is 3.02. The normalized spacial score (nSPS) is 10.4. The van der Waals surface area contributed by atoms with E-state index in [4.69, 9.17) is 27.9 Å². The lowest BCUT2D eigenvalue weighted by atomic mass is 10.3. The van der Waals surface area contributed by atoms with Crippen molar-refractivity contribution in [1.29, 1.82) is 0 Å². The van der Waals surface area contributed by atoms with Crippen LogP contribution in [0.2, 0.25) is 10.0 Å². The molecule has 1 aromatic rings. The zero-order chi connectivity index (χ0) is 13.5. The van der Waals surface area contributed by atoms with Gasteiger partial charge in [0, 0.05) is 12.2 Å². The summed E-state index contributed by atoms with van der Waals surface area (Å²) in [6.45, 7) is 1.89. The number of halogens is 2. The van der Waals surface area contributed by atoms with Crippen molar-refractivity contribution in [3.63, 3.8) is 0 Å². The summed E-state index contributed by atoms with van der Waals surface area (Å²) in [6.07, 6.45) is 1.91. The maximum Gasteiger partial charge on any atom is 0.336 e. The monoisotopic (exact) mass is 288 g/mol. The fourth-order valence-corrected chi connectivity index (χ4v) is 1.52. The lowest BCUT2D eigenvalue weighted by Crippen LogP contribution is -2.07. The Bertz CT molecular complexity index is 463. The number of benzene rings is 1. The number of hydrogen-bond acceptors (Lipinski definition) is 4. The Hall–Kier alpha value is -1.52. The highest BCUT2D eigenvalue weighted by atomic mass is 35.5. The molecule has 0 saturated carbocycles. The second-order valence-corrected chi connectivity index (χ2v) is 3.87. The maximum absolute atomic E-state index is 11.4. The first kappa shape index (κ1) is 14.5. The van der Waals surface area contributed by atoms with Crippen molar-refractivity contribution in [3.05, 3.63) is 40.4 Å². The van der Waals surface area contributed by atoms with Gasteiger partial charge in [-0.15, -0.1) is 0 Å². The van der Waals surface area contributed by atoms with Crippen molar-refractivity contribution in [1.82, 2.24) is 0 Å². The Kier molecular flexibility index (Phi) is 5.68. The van der Waals surface area contributed by atoms with Crippen molar-refractivity contribution in [3.8, 4) is 5.75 Å². The van der Waals surface area contributed by atoms with Gasteiger partial charge in [-0.1, -0.05) is 29.3 Å². The molecule has 0 spiro atoms. The van der Waals surface area contributed by atoms with Gasteiger partial charge in [-0.05, 0) is 19.1 Å². The molecule has 96 valence electrons. The number of ether oxygens (including phenoxy) is 2. The molecule has 0 fully saturated rings. The van der Waals surface area contributed by atoms with Gasteiger partial charge in [-0.3, -0.25) is 0 Å². The molecule has 0 amide bonds. The largest absolute Gasteiger partial charge is 0.463 e. The van der Waals surface area contributed by atoms with Crippen molar-refractivity contribution in [2.45, 2.75) is 6.92 Å². The topological polar surface area (TPSA) is 52.6 Å². The molecule has 0 heterocycles. The van der Waals surface area contributed by atoms with Crippen molar-refractivity contribution < 1.29 is 19.1 Å². The maximum atomic E-state index is 11.4. The van der Waals surface area contributed by atoms with Crippen LogP contribution in [-0.4, -0.2) is 18.5 Å². The van der Waals surface area contributed by atoms with Gasteiger partial charge in [0.05, 0.1) is 16.7 Å². The number of carbonyl (C=O) groups excluding carboxylic acids is 2. The summed E-state index contributed by atoms with van der Waals surface area (Å²) >= 11 is 11.6. The molecule has 0 aliphatic rings. The van der Waals surface area contributed by atoms with Crippen LogP contribution in [0.3, 0.4) is 0 Å². The van der Waals surface area contributed by atoms with Crippen LogP contribution < -0.4 is 4.74 Å². The number of para-hydroxylation sites is 1. The van der Waals surface area contributed by atoms with Crippen LogP contribution >= 0.6 is 23.2 Å². The van der Waals surface area contributed by atoms with Crippen molar-refractivity contribution >= 4 is 35.1 Å². The molecule has 1 rings (SSSR count). The van der Waals surface area contributed by atoms with Crippen LogP contribution in [0.15, 0.2) is 30.4 Å². The molecule has 0 radical (unpaired) electrons. The lowest BCUT2D eigenvalue weighted by molar-refractivity contribution is -0.138. The quantitative estimate of drug-likeness (QED) is 0.485. The molecule has 0 atom stereocenters. The van der Waals surface area contributed by atoms with E-state index in [0.29, 0.717) is 0 Å². The van der Waals surface area contributed by atoms with Crippen LogP contribution in [-0.2, 0) is 14.3 Å². The molecule has 0 N–H and O–H groups in total. The van der Waals surface area contributed by atoms with Crippen LogP contribution in [0.5, 0.6) is 5.75 Å². The molecule has 0 aliphatic heterocycles. The van der Waals surface area contributed by atoms with E-state index in [1.807, 2.05) is 0 Å². The first-order chi connectivity index (χ1) is 8.54. The third kappa shape index (κ3) is 4.39. The Labute approximate surface area is 114 Å². The van der Waals surface area contributed by atoms with Gasteiger partial charge >= 0.3 is 11.9 Å². The third-order valence-corrected chi connectivity index (χ3v) is 2.36. The average molecular weight is 289 g/mol. The minimum Gasteiger partial charge on any atom is -0.463 e. The molecule has 0 bridgehead atoms. The number of esters is 2.